The molecule has 0 heterocycles. The maximum Gasteiger partial charge on any atom is 0.122 e. The average Bonchev–Trinajstić information content (AvgIpc) is 2.32. The predicted octanol–water partition coefficient (Wildman–Crippen LogP) is 1.23. The fourth-order valence-electron chi connectivity index (χ4n) is 2.31. The van der Waals surface area contributed by atoms with E-state index >= 15 is 0 Å². The molecule has 4 heteroatoms. The van der Waals surface area contributed by atoms with Crippen molar-refractivity contribution in [1.82, 2.24) is 4.90 Å². The SMILES string of the molecule is COc1cc(C)c(C(C(O)CN)N(C)C)cc1C. The van der Waals surface area contributed by atoms with Crippen molar-refractivity contribution >= 4 is 0 Å². The highest BCUT2D eigenvalue weighted by Crippen LogP contribution is 2.30. The molecule has 0 aliphatic heterocycles. The van der Waals surface area contributed by atoms with E-state index < -0.39 is 6.10 Å². The Hall–Kier alpha value is -1.10. The van der Waals surface area contributed by atoms with Crippen LogP contribution >= 0.6 is 0 Å². The maximum absolute atomic E-state index is 10.1. The van der Waals surface area contributed by atoms with Crippen molar-refractivity contribution in [2.45, 2.75) is 26.0 Å². The standard InChI is InChI=1S/C14H24N2O2/c1-9-7-13(18-5)10(2)6-11(9)14(16(3)4)12(17)8-15/h6-7,12,14,17H,8,15H2,1-5H3. The van der Waals surface area contributed by atoms with Gasteiger partial charge in [0.2, 0.25) is 0 Å². The van der Waals surface area contributed by atoms with E-state index in [-0.39, 0.29) is 12.6 Å². The molecule has 0 fully saturated rings. The van der Waals surface area contributed by atoms with E-state index in [1.54, 1.807) is 7.11 Å². The van der Waals surface area contributed by atoms with Crippen molar-refractivity contribution in [3.05, 3.63) is 28.8 Å². The lowest BCUT2D eigenvalue weighted by atomic mass is 9.94. The molecule has 0 bridgehead atoms. The average molecular weight is 252 g/mol. The third-order valence-electron chi connectivity index (χ3n) is 3.26. The Morgan fingerprint density at radius 1 is 1.28 bits per heavy atom. The summed E-state index contributed by atoms with van der Waals surface area (Å²) < 4.78 is 5.31. The molecule has 102 valence electrons. The number of hydrogen-bond acceptors (Lipinski definition) is 4. The fraction of sp³-hybridized carbons (Fsp3) is 0.571. The van der Waals surface area contributed by atoms with Gasteiger partial charge in [-0.15, -0.1) is 0 Å². The van der Waals surface area contributed by atoms with Gasteiger partial charge in [0.05, 0.1) is 19.3 Å². The van der Waals surface area contributed by atoms with Gasteiger partial charge in [0.15, 0.2) is 0 Å². The van der Waals surface area contributed by atoms with E-state index in [0.29, 0.717) is 0 Å². The van der Waals surface area contributed by atoms with Gasteiger partial charge in [0.1, 0.15) is 5.75 Å². The maximum atomic E-state index is 10.1. The topological polar surface area (TPSA) is 58.7 Å². The third kappa shape index (κ3) is 3.02. The molecule has 0 aromatic heterocycles. The zero-order valence-corrected chi connectivity index (χ0v) is 11.9. The molecule has 4 nitrogen and oxygen atoms in total. The van der Waals surface area contributed by atoms with Crippen molar-refractivity contribution in [1.29, 1.82) is 0 Å². The summed E-state index contributed by atoms with van der Waals surface area (Å²) in [4.78, 5) is 1.99. The summed E-state index contributed by atoms with van der Waals surface area (Å²) >= 11 is 0. The van der Waals surface area contributed by atoms with Gasteiger partial charge >= 0.3 is 0 Å². The van der Waals surface area contributed by atoms with Crippen LogP contribution in [-0.2, 0) is 0 Å². The third-order valence-corrected chi connectivity index (χ3v) is 3.26. The number of aryl methyl sites for hydroxylation is 2. The minimum absolute atomic E-state index is 0.0976. The number of rotatable bonds is 5. The van der Waals surface area contributed by atoms with Crippen LogP contribution in [0.1, 0.15) is 22.7 Å². The number of methoxy groups -OCH3 is 1. The summed E-state index contributed by atoms with van der Waals surface area (Å²) in [5.41, 5.74) is 8.85. The van der Waals surface area contributed by atoms with Crippen LogP contribution in [0.2, 0.25) is 0 Å². The highest BCUT2D eigenvalue weighted by atomic mass is 16.5. The summed E-state index contributed by atoms with van der Waals surface area (Å²) in [5.74, 6) is 0.871. The van der Waals surface area contributed by atoms with Crippen LogP contribution in [0.3, 0.4) is 0 Å². The molecule has 2 unspecified atom stereocenters. The lowest BCUT2D eigenvalue weighted by Crippen LogP contribution is -2.36. The quantitative estimate of drug-likeness (QED) is 0.827. The molecule has 0 amide bonds. The van der Waals surface area contributed by atoms with E-state index in [9.17, 15) is 5.11 Å². The van der Waals surface area contributed by atoms with Crippen molar-refractivity contribution in [3.63, 3.8) is 0 Å². The summed E-state index contributed by atoms with van der Waals surface area (Å²) in [5, 5.41) is 10.1. The molecule has 18 heavy (non-hydrogen) atoms. The highest BCUT2D eigenvalue weighted by Gasteiger charge is 2.24. The highest BCUT2D eigenvalue weighted by molar-refractivity contribution is 5.43. The number of likely N-dealkylation sites (N-methyl/N-ethyl adjacent to an activating group) is 1. The van der Waals surface area contributed by atoms with E-state index in [1.165, 1.54) is 0 Å². The van der Waals surface area contributed by atoms with Gasteiger partial charge in [-0.2, -0.15) is 0 Å². The fourth-order valence-corrected chi connectivity index (χ4v) is 2.31. The number of hydrogen-bond donors (Lipinski definition) is 2. The van der Waals surface area contributed by atoms with Gasteiger partial charge in [-0.1, -0.05) is 6.07 Å². The van der Waals surface area contributed by atoms with E-state index in [0.717, 1.165) is 22.4 Å². The monoisotopic (exact) mass is 252 g/mol. The molecule has 0 radical (unpaired) electrons. The van der Waals surface area contributed by atoms with Crippen LogP contribution in [0.5, 0.6) is 5.75 Å². The second-order valence-electron chi connectivity index (χ2n) is 4.89. The second kappa shape index (κ2) is 6.18. The first kappa shape index (κ1) is 15.0. The molecule has 0 saturated heterocycles. The number of aliphatic hydroxyl groups is 1. The van der Waals surface area contributed by atoms with E-state index in [2.05, 4.69) is 6.07 Å². The first-order valence-corrected chi connectivity index (χ1v) is 6.12. The first-order chi connectivity index (χ1) is 8.42. The van der Waals surface area contributed by atoms with E-state index in [4.69, 9.17) is 10.5 Å². The summed E-state index contributed by atoms with van der Waals surface area (Å²) in [6, 6.07) is 3.97. The number of nitrogens with zero attached hydrogens (tertiary/aromatic N) is 1. The number of nitrogens with two attached hydrogens (primary N) is 1. The molecule has 1 aromatic carbocycles. The van der Waals surface area contributed by atoms with Crippen molar-refractivity contribution < 1.29 is 9.84 Å². The molecule has 0 aliphatic carbocycles. The smallest absolute Gasteiger partial charge is 0.122 e. The van der Waals surface area contributed by atoms with Crippen molar-refractivity contribution in [3.8, 4) is 5.75 Å². The van der Waals surface area contributed by atoms with Crippen LogP contribution in [0.25, 0.3) is 0 Å². The number of benzene rings is 1. The van der Waals surface area contributed by atoms with Crippen LogP contribution in [0.15, 0.2) is 12.1 Å². The Balaban J connectivity index is 3.24. The summed E-state index contributed by atoms with van der Waals surface area (Å²) in [6.45, 7) is 4.27. The molecule has 3 N–H and O–H groups in total. The Bertz CT molecular complexity index is 405. The van der Waals surface area contributed by atoms with Gasteiger partial charge < -0.3 is 20.5 Å². The van der Waals surface area contributed by atoms with E-state index in [1.807, 2.05) is 38.9 Å². The zero-order chi connectivity index (χ0) is 13.9. The minimum Gasteiger partial charge on any atom is -0.496 e. The molecule has 1 aromatic rings. The second-order valence-corrected chi connectivity index (χ2v) is 4.89. The summed E-state index contributed by atoms with van der Waals surface area (Å²) in [6.07, 6.45) is -0.577. The van der Waals surface area contributed by atoms with Crippen LogP contribution in [0, 0.1) is 13.8 Å². The van der Waals surface area contributed by atoms with Crippen molar-refractivity contribution in [2.24, 2.45) is 5.73 Å². The summed E-state index contributed by atoms with van der Waals surface area (Å²) in [7, 11) is 5.56. The van der Waals surface area contributed by atoms with Crippen LogP contribution in [0.4, 0.5) is 0 Å². The minimum atomic E-state index is -0.577. The van der Waals surface area contributed by atoms with Crippen LogP contribution in [-0.4, -0.2) is 43.9 Å². The predicted molar refractivity (Wildman–Crippen MR) is 74.0 cm³/mol. The zero-order valence-electron chi connectivity index (χ0n) is 11.9. The lowest BCUT2D eigenvalue weighted by Gasteiger charge is -2.30. The van der Waals surface area contributed by atoms with Gasteiger partial charge in [-0.25, -0.2) is 0 Å². The molecule has 0 spiro atoms. The van der Waals surface area contributed by atoms with Gasteiger partial charge in [0, 0.05) is 6.54 Å². The first-order valence-electron chi connectivity index (χ1n) is 6.12. The molecule has 0 aliphatic rings. The molecule has 1 rings (SSSR count). The molecular weight excluding hydrogens is 228 g/mol. The van der Waals surface area contributed by atoms with Crippen molar-refractivity contribution in [2.75, 3.05) is 27.7 Å². The normalized spacial score (nSPS) is 14.7. The number of ether oxygens (including phenoxy) is 1. The lowest BCUT2D eigenvalue weighted by molar-refractivity contribution is 0.0819. The Labute approximate surface area is 109 Å². The van der Waals surface area contributed by atoms with Gasteiger partial charge in [0.25, 0.3) is 0 Å². The number of aliphatic hydroxyl groups excluding tert-OH is 1. The Kier molecular flexibility index (Phi) is 5.14. The largest absolute Gasteiger partial charge is 0.496 e. The van der Waals surface area contributed by atoms with Crippen LogP contribution < -0.4 is 10.5 Å². The molecular formula is C14H24N2O2. The molecule has 0 saturated carbocycles. The van der Waals surface area contributed by atoms with Gasteiger partial charge in [-0.3, -0.25) is 0 Å². The molecule has 2 atom stereocenters. The van der Waals surface area contributed by atoms with Gasteiger partial charge in [-0.05, 0) is 50.7 Å². The Morgan fingerprint density at radius 2 is 1.89 bits per heavy atom. The Morgan fingerprint density at radius 3 is 2.33 bits per heavy atom.